The summed E-state index contributed by atoms with van der Waals surface area (Å²) in [6, 6.07) is 7.22. The van der Waals surface area contributed by atoms with Gasteiger partial charge in [-0.2, -0.15) is 0 Å². The van der Waals surface area contributed by atoms with E-state index in [-0.39, 0.29) is 11.7 Å². The minimum atomic E-state index is -0.0566. The summed E-state index contributed by atoms with van der Waals surface area (Å²) < 4.78 is 5.35. The molecule has 0 amide bonds. The normalized spacial score (nSPS) is 11.2. The van der Waals surface area contributed by atoms with Gasteiger partial charge in [0.25, 0.3) is 0 Å². The molecule has 0 fully saturated rings. The molecule has 214 valence electrons. The number of aryl methyl sites for hydroxylation is 1. The highest BCUT2D eigenvalue weighted by Gasteiger charge is 2.03. The topological polar surface area (TPSA) is 46.5 Å². The first-order valence-electron chi connectivity index (χ1n) is 16.2. The summed E-state index contributed by atoms with van der Waals surface area (Å²) in [5.74, 6) is 0.231. The Hall–Kier alpha value is -1.51. The standard InChI is InChI=1S/C34H60O3/c1-2-3-4-5-6-7-8-9-10-11-12-13-14-15-16-17-18-19-20-21-22-23-26-34(36)37-31-24-25-32-27-29-33(35)30-28-32/h27-30,35H,2-26,31H2,1H3. The number of benzene rings is 1. The van der Waals surface area contributed by atoms with Crippen LogP contribution >= 0.6 is 0 Å². The van der Waals surface area contributed by atoms with Gasteiger partial charge in [0.2, 0.25) is 0 Å². The average molecular weight is 517 g/mol. The highest BCUT2D eigenvalue weighted by Crippen LogP contribution is 2.16. The molecule has 37 heavy (non-hydrogen) atoms. The summed E-state index contributed by atoms with van der Waals surface area (Å²) in [4.78, 5) is 11.9. The third-order valence-corrected chi connectivity index (χ3v) is 7.54. The van der Waals surface area contributed by atoms with Crippen molar-refractivity contribution in [3.63, 3.8) is 0 Å². The van der Waals surface area contributed by atoms with Gasteiger partial charge in [-0.05, 0) is 37.0 Å². The number of phenols is 1. The zero-order chi connectivity index (χ0) is 26.7. The smallest absolute Gasteiger partial charge is 0.305 e. The minimum Gasteiger partial charge on any atom is -0.508 e. The van der Waals surface area contributed by atoms with E-state index < -0.39 is 0 Å². The summed E-state index contributed by atoms with van der Waals surface area (Å²) in [5, 5.41) is 9.30. The van der Waals surface area contributed by atoms with Crippen molar-refractivity contribution in [2.75, 3.05) is 6.61 Å². The lowest BCUT2D eigenvalue weighted by molar-refractivity contribution is -0.143. The largest absolute Gasteiger partial charge is 0.508 e. The van der Waals surface area contributed by atoms with Crippen LogP contribution in [-0.2, 0) is 16.0 Å². The Kier molecular flexibility index (Phi) is 23.7. The molecule has 0 bridgehead atoms. The van der Waals surface area contributed by atoms with E-state index in [2.05, 4.69) is 6.92 Å². The number of hydrogen-bond donors (Lipinski definition) is 1. The summed E-state index contributed by atoms with van der Waals surface area (Å²) in [5.41, 5.74) is 1.16. The van der Waals surface area contributed by atoms with Crippen molar-refractivity contribution in [3.8, 4) is 5.75 Å². The maximum absolute atomic E-state index is 11.9. The van der Waals surface area contributed by atoms with Crippen molar-refractivity contribution in [1.29, 1.82) is 0 Å². The van der Waals surface area contributed by atoms with Crippen molar-refractivity contribution in [3.05, 3.63) is 29.8 Å². The van der Waals surface area contributed by atoms with E-state index in [1.807, 2.05) is 12.1 Å². The molecule has 0 spiro atoms. The van der Waals surface area contributed by atoms with E-state index in [0.717, 1.165) is 31.2 Å². The zero-order valence-electron chi connectivity index (χ0n) is 24.5. The third kappa shape index (κ3) is 23.3. The van der Waals surface area contributed by atoms with E-state index >= 15 is 0 Å². The molecule has 0 aliphatic heterocycles. The average Bonchev–Trinajstić information content (AvgIpc) is 2.90. The predicted octanol–water partition coefficient (Wildman–Crippen LogP) is 10.9. The van der Waals surface area contributed by atoms with Gasteiger partial charge in [-0.15, -0.1) is 0 Å². The first-order valence-corrected chi connectivity index (χ1v) is 16.2. The van der Waals surface area contributed by atoms with E-state index in [4.69, 9.17) is 4.74 Å². The molecule has 1 rings (SSSR count). The van der Waals surface area contributed by atoms with Crippen LogP contribution in [0.4, 0.5) is 0 Å². The molecular formula is C34H60O3. The molecule has 3 heteroatoms. The maximum Gasteiger partial charge on any atom is 0.305 e. The number of carbonyl (C=O) groups excluding carboxylic acids is 1. The van der Waals surface area contributed by atoms with Crippen molar-refractivity contribution < 1.29 is 14.6 Å². The van der Waals surface area contributed by atoms with Gasteiger partial charge in [0.05, 0.1) is 6.61 Å². The molecule has 0 aromatic heterocycles. The number of hydrogen-bond acceptors (Lipinski definition) is 3. The Bertz CT molecular complexity index is 610. The fourth-order valence-electron chi connectivity index (χ4n) is 5.08. The molecule has 0 aliphatic rings. The Balaban J connectivity index is 1.71. The SMILES string of the molecule is CCCCCCCCCCCCCCCCCCCCCCCCC(=O)OCCCc1ccc(O)cc1. The van der Waals surface area contributed by atoms with Gasteiger partial charge in [0.15, 0.2) is 0 Å². The summed E-state index contributed by atoms with van der Waals surface area (Å²) >= 11 is 0. The molecule has 0 atom stereocenters. The zero-order valence-corrected chi connectivity index (χ0v) is 24.5. The first-order chi connectivity index (χ1) is 18.2. The van der Waals surface area contributed by atoms with Crippen LogP contribution in [0, 0.1) is 0 Å². The molecule has 3 nitrogen and oxygen atoms in total. The lowest BCUT2D eigenvalue weighted by Gasteiger charge is -2.06. The molecular weight excluding hydrogens is 456 g/mol. The van der Waals surface area contributed by atoms with Gasteiger partial charge in [0.1, 0.15) is 5.75 Å². The molecule has 0 saturated carbocycles. The van der Waals surface area contributed by atoms with Crippen LogP contribution in [0.5, 0.6) is 5.75 Å². The fourth-order valence-corrected chi connectivity index (χ4v) is 5.08. The van der Waals surface area contributed by atoms with Crippen LogP contribution in [0.15, 0.2) is 24.3 Å². The number of ether oxygens (including phenoxy) is 1. The Morgan fingerprint density at radius 2 is 0.946 bits per heavy atom. The van der Waals surface area contributed by atoms with Gasteiger partial charge < -0.3 is 9.84 Å². The van der Waals surface area contributed by atoms with Gasteiger partial charge in [-0.1, -0.05) is 154 Å². The minimum absolute atomic E-state index is 0.0566. The molecule has 0 unspecified atom stereocenters. The van der Waals surface area contributed by atoms with Crippen LogP contribution in [0.25, 0.3) is 0 Å². The van der Waals surface area contributed by atoms with Gasteiger partial charge in [-0.3, -0.25) is 4.79 Å². The quantitative estimate of drug-likeness (QED) is 0.0934. The number of phenolic OH excluding ortho intramolecular Hbond substituents is 1. The van der Waals surface area contributed by atoms with Crippen molar-refractivity contribution in [2.45, 2.75) is 167 Å². The number of esters is 1. The predicted molar refractivity (Wildman–Crippen MR) is 159 cm³/mol. The molecule has 0 saturated heterocycles. The van der Waals surface area contributed by atoms with E-state index in [1.165, 1.54) is 128 Å². The molecule has 1 N–H and O–H groups in total. The molecule has 1 aromatic carbocycles. The van der Waals surface area contributed by atoms with Crippen molar-refractivity contribution in [1.82, 2.24) is 0 Å². The van der Waals surface area contributed by atoms with Crippen molar-refractivity contribution in [2.24, 2.45) is 0 Å². The van der Waals surface area contributed by atoms with E-state index in [9.17, 15) is 9.90 Å². The second-order valence-electron chi connectivity index (χ2n) is 11.2. The highest BCUT2D eigenvalue weighted by atomic mass is 16.5. The lowest BCUT2D eigenvalue weighted by Crippen LogP contribution is -2.06. The number of unbranched alkanes of at least 4 members (excludes halogenated alkanes) is 21. The second-order valence-corrected chi connectivity index (χ2v) is 11.2. The van der Waals surface area contributed by atoms with E-state index in [1.54, 1.807) is 12.1 Å². The summed E-state index contributed by atoms with van der Waals surface area (Å²) in [7, 11) is 0. The molecule has 0 aliphatic carbocycles. The number of carbonyl (C=O) groups is 1. The van der Waals surface area contributed by atoms with E-state index in [0.29, 0.717) is 13.0 Å². The second kappa shape index (κ2) is 26.1. The van der Waals surface area contributed by atoms with Crippen LogP contribution in [0.2, 0.25) is 0 Å². The number of aromatic hydroxyl groups is 1. The van der Waals surface area contributed by atoms with Crippen LogP contribution < -0.4 is 0 Å². The maximum atomic E-state index is 11.9. The van der Waals surface area contributed by atoms with Crippen LogP contribution in [-0.4, -0.2) is 17.7 Å². The van der Waals surface area contributed by atoms with Gasteiger partial charge in [-0.25, -0.2) is 0 Å². The third-order valence-electron chi connectivity index (χ3n) is 7.54. The Morgan fingerprint density at radius 3 is 1.35 bits per heavy atom. The lowest BCUT2D eigenvalue weighted by atomic mass is 10.0. The molecule has 1 aromatic rings. The summed E-state index contributed by atoms with van der Waals surface area (Å²) in [6.07, 6.45) is 32.6. The first kappa shape index (κ1) is 33.5. The van der Waals surface area contributed by atoms with Crippen molar-refractivity contribution >= 4 is 5.97 Å². The Labute approximate surface area is 230 Å². The molecule has 0 radical (unpaired) electrons. The van der Waals surface area contributed by atoms with Crippen LogP contribution in [0.3, 0.4) is 0 Å². The Morgan fingerprint density at radius 1 is 0.568 bits per heavy atom. The van der Waals surface area contributed by atoms with Gasteiger partial charge >= 0.3 is 5.97 Å². The fraction of sp³-hybridized carbons (Fsp3) is 0.794. The number of rotatable bonds is 27. The highest BCUT2D eigenvalue weighted by molar-refractivity contribution is 5.69. The van der Waals surface area contributed by atoms with Crippen LogP contribution in [0.1, 0.15) is 167 Å². The monoisotopic (exact) mass is 516 g/mol. The van der Waals surface area contributed by atoms with Gasteiger partial charge in [0, 0.05) is 6.42 Å². The molecule has 0 heterocycles. The summed E-state index contributed by atoms with van der Waals surface area (Å²) in [6.45, 7) is 2.78.